The quantitative estimate of drug-likeness (QED) is 0.447. The molecule has 0 heterocycles. The first kappa shape index (κ1) is 26.2. The molecule has 1 unspecified atom stereocenters. The van der Waals surface area contributed by atoms with Gasteiger partial charge in [-0.05, 0) is 51.2 Å². The third-order valence-corrected chi connectivity index (χ3v) is 6.08. The van der Waals surface area contributed by atoms with Crippen LogP contribution in [0.3, 0.4) is 0 Å². The number of carbonyl (C=O) groups excluding carboxylic acids is 2. The molecule has 0 fully saturated rings. The summed E-state index contributed by atoms with van der Waals surface area (Å²) in [6.07, 6.45) is 2.12. The highest BCUT2D eigenvalue weighted by molar-refractivity contribution is 5.77. The van der Waals surface area contributed by atoms with Crippen molar-refractivity contribution in [2.24, 2.45) is 0 Å². The highest BCUT2D eigenvalue weighted by Crippen LogP contribution is 2.19. The maximum absolute atomic E-state index is 12.5. The van der Waals surface area contributed by atoms with Gasteiger partial charge in [-0.3, -0.25) is 14.5 Å². The highest BCUT2D eigenvalue weighted by atomic mass is 16.2. The van der Waals surface area contributed by atoms with Crippen LogP contribution in [0.5, 0.6) is 0 Å². The molecule has 1 aromatic carbocycles. The van der Waals surface area contributed by atoms with Crippen LogP contribution in [0.15, 0.2) is 24.3 Å². The lowest BCUT2D eigenvalue weighted by Gasteiger charge is -2.26. The fraction of sp³-hybridized carbons (Fsp3) is 0.680. The van der Waals surface area contributed by atoms with Crippen molar-refractivity contribution in [1.82, 2.24) is 14.7 Å². The molecule has 0 aliphatic heterocycles. The fourth-order valence-electron chi connectivity index (χ4n) is 3.69. The van der Waals surface area contributed by atoms with Crippen LogP contribution in [0, 0.1) is 0 Å². The van der Waals surface area contributed by atoms with Crippen molar-refractivity contribution in [3.05, 3.63) is 35.4 Å². The number of benzene rings is 1. The summed E-state index contributed by atoms with van der Waals surface area (Å²) < 4.78 is 0. The van der Waals surface area contributed by atoms with Gasteiger partial charge in [0.15, 0.2) is 0 Å². The third-order valence-electron chi connectivity index (χ3n) is 6.08. The SMILES string of the molecule is CCC(C)c1ccc(CN(CCC(=O)N(CC)CC)CCC(=O)N(CC)CC)cc1. The second-order valence-corrected chi connectivity index (χ2v) is 7.96. The van der Waals surface area contributed by atoms with E-state index in [0.717, 1.165) is 39.1 Å². The van der Waals surface area contributed by atoms with Crippen molar-refractivity contribution in [3.8, 4) is 0 Å². The van der Waals surface area contributed by atoms with Gasteiger partial charge in [0.2, 0.25) is 11.8 Å². The molecule has 2 amide bonds. The lowest BCUT2D eigenvalue weighted by atomic mass is 9.97. The van der Waals surface area contributed by atoms with Crippen LogP contribution in [-0.2, 0) is 16.1 Å². The molecule has 0 saturated heterocycles. The summed E-state index contributed by atoms with van der Waals surface area (Å²) in [6, 6.07) is 8.80. The molecule has 5 heteroatoms. The first-order chi connectivity index (χ1) is 14.4. The van der Waals surface area contributed by atoms with Crippen molar-refractivity contribution in [2.45, 2.75) is 73.3 Å². The lowest BCUT2D eigenvalue weighted by Crippen LogP contribution is -2.37. The van der Waals surface area contributed by atoms with Crippen molar-refractivity contribution in [3.63, 3.8) is 0 Å². The van der Waals surface area contributed by atoms with Crippen LogP contribution in [0.1, 0.15) is 77.8 Å². The van der Waals surface area contributed by atoms with Gasteiger partial charge in [-0.1, -0.05) is 38.1 Å². The number of hydrogen-bond donors (Lipinski definition) is 0. The average Bonchev–Trinajstić information content (AvgIpc) is 2.77. The molecule has 0 aliphatic rings. The first-order valence-corrected chi connectivity index (χ1v) is 11.8. The van der Waals surface area contributed by atoms with Gasteiger partial charge in [-0.25, -0.2) is 0 Å². The zero-order valence-corrected chi connectivity index (χ0v) is 20.1. The van der Waals surface area contributed by atoms with Gasteiger partial charge in [0.05, 0.1) is 0 Å². The summed E-state index contributed by atoms with van der Waals surface area (Å²) in [5, 5.41) is 0. The molecule has 0 aromatic heterocycles. The monoisotopic (exact) mass is 417 g/mol. The second-order valence-electron chi connectivity index (χ2n) is 7.96. The van der Waals surface area contributed by atoms with E-state index in [4.69, 9.17) is 0 Å². The maximum atomic E-state index is 12.5. The molecule has 0 spiro atoms. The summed E-state index contributed by atoms with van der Waals surface area (Å²) in [5.41, 5.74) is 2.59. The standard InChI is InChI=1S/C25H43N3O2/c1-7-21(6)23-14-12-22(13-15-23)20-26(18-16-24(29)27(8-2)9-3)19-17-25(30)28(10-4)11-5/h12-15,21H,7-11,16-20H2,1-6H3. The fourth-order valence-corrected chi connectivity index (χ4v) is 3.69. The zero-order chi connectivity index (χ0) is 22.5. The molecule has 170 valence electrons. The Morgan fingerprint density at radius 2 is 1.20 bits per heavy atom. The van der Waals surface area contributed by atoms with Gasteiger partial charge < -0.3 is 9.80 Å². The molecule has 5 nitrogen and oxygen atoms in total. The van der Waals surface area contributed by atoms with Gasteiger partial charge >= 0.3 is 0 Å². The number of hydrogen-bond acceptors (Lipinski definition) is 3. The van der Waals surface area contributed by atoms with Crippen molar-refractivity contribution in [2.75, 3.05) is 39.3 Å². The average molecular weight is 418 g/mol. The summed E-state index contributed by atoms with van der Waals surface area (Å²) in [6.45, 7) is 17.6. The van der Waals surface area contributed by atoms with E-state index in [1.165, 1.54) is 11.1 Å². The molecule has 0 aliphatic carbocycles. The Kier molecular flexibility index (Phi) is 12.4. The zero-order valence-electron chi connectivity index (χ0n) is 20.1. The topological polar surface area (TPSA) is 43.9 Å². The predicted octanol–water partition coefficient (Wildman–Crippen LogP) is 4.52. The molecule has 0 saturated carbocycles. The smallest absolute Gasteiger partial charge is 0.223 e. The second kappa shape index (κ2) is 14.2. The Balaban J connectivity index is 2.80. The minimum atomic E-state index is 0.187. The molecule has 30 heavy (non-hydrogen) atoms. The minimum Gasteiger partial charge on any atom is -0.343 e. The first-order valence-electron chi connectivity index (χ1n) is 11.8. The molecule has 1 atom stereocenters. The van der Waals surface area contributed by atoms with Crippen molar-refractivity contribution >= 4 is 11.8 Å². The summed E-state index contributed by atoms with van der Waals surface area (Å²) in [7, 11) is 0. The van der Waals surface area contributed by atoms with E-state index in [-0.39, 0.29) is 11.8 Å². The third kappa shape index (κ3) is 8.47. The summed E-state index contributed by atoms with van der Waals surface area (Å²) >= 11 is 0. The Morgan fingerprint density at radius 1 is 0.767 bits per heavy atom. The van der Waals surface area contributed by atoms with Gasteiger partial charge in [0, 0.05) is 58.7 Å². The van der Waals surface area contributed by atoms with E-state index in [2.05, 4.69) is 43.0 Å². The van der Waals surface area contributed by atoms with E-state index in [0.29, 0.717) is 31.8 Å². The Labute approximate surface area is 184 Å². The minimum absolute atomic E-state index is 0.187. The van der Waals surface area contributed by atoms with Gasteiger partial charge in [-0.2, -0.15) is 0 Å². The molecular weight excluding hydrogens is 374 g/mol. The number of nitrogens with zero attached hydrogens (tertiary/aromatic N) is 3. The van der Waals surface area contributed by atoms with E-state index in [1.807, 2.05) is 37.5 Å². The highest BCUT2D eigenvalue weighted by Gasteiger charge is 2.16. The van der Waals surface area contributed by atoms with Crippen LogP contribution in [-0.4, -0.2) is 65.8 Å². The lowest BCUT2D eigenvalue weighted by molar-refractivity contribution is -0.131. The van der Waals surface area contributed by atoms with Crippen LogP contribution >= 0.6 is 0 Å². The van der Waals surface area contributed by atoms with Gasteiger partial charge in [0.25, 0.3) is 0 Å². The normalized spacial score (nSPS) is 12.1. The largest absolute Gasteiger partial charge is 0.343 e. The van der Waals surface area contributed by atoms with E-state index < -0.39 is 0 Å². The number of carbonyl (C=O) groups is 2. The summed E-state index contributed by atoms with van der Waals surface area (Å²) in [4.78, 5) is 31.0. The molecule has 0 N–H and O–H groups in total. The number of amides is 2. The predicted molar refractivity (Wildman–Crippen MR) is 126 cm³/mol. The van der Waals surface area contributed by atoms with Crippen LogP contribution in [0.4, 0.5) is 0 Å². The molecule has 1 rings (SSSR count). The van der Waals surface area contributed by atoms with Crippen LogP contribution < -0.4 is 0 Å². The Hall–Kier alpha value is -1.88. The van der Waals surface area contributed by atoms with Crippen molar-refractivity contribution < 1.29 is 9.59 Å². The molecule has 0 bridgehead atoms. The molecule has 0 radical (unpaired) electrons. The van der Waals surface area contributed by atoms with Crippen LogP contribution in [0.2, 0.25) is 0 Å². The van der Waals surface area contributed by atoms with Crippen LogP contribution in [0.25, 0.3) is 0 Å². The molecular formula is C25H43N3O2. The Bertz CT molecular complexity index is 594. The summed E-state index contributed by atoms with van der Waals surface area (Å²) in [5.74, 6) is 0.938. The van der Waals surface area contributed by atoms with E-state index in [1.54, 1.807) is 0 Å². The van der Waals surface area contributed by atoms with E-state index >= 15 is 0 Å². The van der Waals surface area contributed by atoms with Gasteiger partial charge in [-0.15, -0.1) is 0 Å². The maximum Gasteiger partial charge on any atom is 0.223 e. The van der Waals surface area contributed by atoms with E-state index in [9.17, 15) is 9.59 Å². The van der Waals surface area contributed by atoms with Gasteiger partial charge in [0.1, 0.15) is 0 Å². The van der Waals surface area contributed by atoms with Crippen molar-refractivity contribution in [1.29, 1.82) is 0 Å². The Morgan fingerprint density at radius 3 is 1.57 bits per heavy atom. The number of rotatable bonds is 14. The molecule has 1 aromatic rings.